The van der Waals surface area contributed by atoms with E-state index in [1.54, 1.807) is 23.0 Å². The average molecular weight is 497 g/mol. The first kappa shape index (κ1) is 23.1. The lowest BCUT2D eigenvalue weighted by molar-refractivity contribution is 0.102. The average Bonchev–Trinajstić information content (AvgIpc) is 3.50. The SMILES string of the molecule is Cc1cc(-n2cccn2)ccc1NC(=O)c1ccc(Nc2nc(-c3ccccc3)c3ccccc3n2)cc1. The van der Waals surface area contributed by atoms with E-state index < -0.39 is 0 Å². The summed E-state index contributed by atoms with van der Waals surface area (Å²) in [5, 5.41) is 11.5. The number of aryl methyl sites for hydroxylation is 1. The Kier molecular flexibility index (Phi) is 6.08. The molecule has 6 aromatic rings. The molecule has 184 valence electrons. The van der Waals surface area contributed by atoms with Gasteiger partial charge in [-0.2, -0.15) is 5.10 Å². The molecule has 0 spiro atoms. The molecule has 2 heterocycles. The first-order valence-electron chi connectivity index (χ1n) is 12.3. The Labute approximate surface area is 219 Å². The fourth-order valence-electron chi connectivity index (χ4n) is 4.33. The Morgan fingerprint density at radius 2 is 1.61 bits per heavy atom. The molecular formula is C31H24N6O. The summed E-state index contributed by atoms with van der Waals surface area (Å²) < 4.78 is 1.78. The van der Waals surface area contributed by atoms with Gasteiger partial charge >= 0.3 is 0 Å². The van der Waals surface area contributed by atoms with Crippen molar-refractivity contribution in [2.75, 3.05) is 10.6 Å². The maximum atomic E-state index is 12.9. The van der Waals surface area contributed by atoms with Crippen LogP contribution < -0.4 is 10.6 Å². The normalized spacial score (nSPS) is 10.9. The van der Waals surface area contributed by atoms with Crippen LogP contribution in [-0.2, 0) is 0 Å². The lowest BCUT2D eigenvalue weighted by Gasteiger charge is -2.12. The van der Waals surface area contributed by atoms with Gasteiger partial charge in [0.25, 0.3) is 5.91 Å². The van der Waals surface area contributed by atoms with E-state index in [1.807, 2.05) is 104 Å². The molecule has 0 bridgehead atoms. The molecule has 7 heteroatoms. The minimum atomic E-state index is -0.181. The van der Waals surface area contributed by atoms with Crippen molar-refractivity contribution in [2.24, 2.45) is 0 Å². The second-order valence-corrected chi connectivity index (χ2v) is 8.89. The van der Waals surface area contributed by atoms with Crippen LogP contribution in [0.25, 0.3) is 27.8 Å². The van der Waals surface area contributed by atoms with E-state index in [0.717, 1.165) is 44.8 Å². The summed E-state index contributed by atoms with van der Waals surface area (Å²) >= 11 is 0. The molecule has 0 radical (unpaired) electrons. The third-order valence-electron chi connectivity index (χ3n) is 6.28. The molecule has 0 aliphatic carbocycles. The highest BCUT2D eigenvalue weighted by Crippen LogP contribution is 2.28. The van der Waals surface area contributed by atoms with Gasteiger partial charge in [-0.3, -0.25) is 4.79 Å². The molecule has 2 N–H and O–H groups in total. The minimum Gasteiger partial charge on any atom is -0.324 e. The fourth-order valence-corrected chi connectivity index (χ4v) is 4.33. The van der Waals surface area contributed by atoms with Gasteiger partial charge in [0.2, 0.25) is 5.95 Å². The van der Waals surface area contributed by atoms with Crippen LogP contribution in [0.4, 0.5) is 17.3 Å². The molecule has 0 saturated heterocycles. The summed E-state index contributed by atoms with van der Waals surface area (Å²) in [7, 11) is 0. The van der Waals surface area contributed by atoms with Crippen LogP contribution in [0, 0.1) is 6.92 Å². The van der Waals surface area contributed by atoms with Crippen molar-refractivity contribution in [1.82, 2.24) is 19.7 Å². The summed E-state index contributed by atoms with van der Waals surface area (Å²) in [6, 6.07) is 33.0. The maximum absolute atomic E-state index is 12.9. The zero-order valence-electron chi connectivity index (χ0n) is 20.7. The van der Waals surface area contributed by atoms with Gasteiger partial charge in [0.05, 0.1) is 16.9 Å². The van der Waals surface area contributed by atoms with Gasteiger partial charge in [0, 0.05) is 40.3 Å². The number of hydrogen-bond donors (Lipinski definition) is 2. The van der Waals surface area contributed by atoms with E-state index in [4.69, 9.17) is 9.97 Å². The van der Waals surface area contributed by atoms with Gasteiger partial charge in [-0.25, -0.2) is 14.6 Å². The highest BCUT2D eigenvalue weighted by Gasteiger charge is 2.12. The summed E-state index contributed by atoms with van der Waals surface area (Å²) in [6.07, 6.45) is 3.62. The Morgan fingerprint density at radius 1 is 0.816 bits per heavy atom. The second-order valence-electron chi connectivity index (χ2n) is 8.89. The first-order chi connectivity index (χ1) is 18.6. The molecule has 38 heavy (non-hydrogen) atoms. The first-order valence-corrected chi connectivity index (χ1v) is 12.3. The van der Waals surface area contributed by atoms with Crippen LogP contribution in [0.3, 0.4) is 0 Å². The van der Waals surface area contributed by atoms with E-state index in [9.17, 15) is 4.79 Å². The number of nitrogens with one attached hydrogen (secondary N) is 2. The van der Waals surface area contributed by atoms with Crippen molar-refractivity contribution in [3.05, 3.63) is 127 Å². The molecule has 0 atom stereocenters. The number of para-hydroxylation sites is 1. The van der Waals surface area contributed by atoms with Gasteiger partial charge in [0.15, 0.2) is 0 Å². The predicted octanol–water partition coefficient (Wildman–Crippen LogP) is 6.79. The van der Waals surface area contributed by atoms with Crippen LogP contribution in [-0.4, -0.2) is 25.7 Å². The van der Waals surface area contributed by atoms with Gasteiger partial charge in [0.1, 0.15) is 0 Å². The number of carbonyl (C=O) groups is 1. The summed E-state index contributed by atoms with van der Waals surface area (Å²) in [4.78, 5) is 22.4. The fraction of sp³-hybridized carbons (Fsp3) is 0.0323. The van der Waals surface area contributed by atoms with Gasteiger partial charge in [-0.15, -0.1) is 0 Å². The standard InChI is InChI=1S/C31H24N6O/c1-21-20-25(37-19-7-18-32-37)16-17-27(21)34-30(38)23-12-14-24(15-13-23)33-31-35-28-11-6-5-10-26(28)29(36-31)22-8-3-2-4-9-22/h2-20H,1H3,(H,34,38)(H,33,35,36). The van der Waals surface area contributed by atoms with Crippen LogP contribution in [0.1, 0.15) is 15.9 Å². The maximum Gasteiger partial charge on any atom is 0.255 e. The van der Waals surface area contributed by atoms with E-state index in [-0.39, 0.29) is 5.91 Å². The predicted molar refractivity (Wildman–Crippen MR) is 151 cm³/mol. The van der Waals surface area contributed by atoms with E-state index >= 15 is 0 Å². The summed E-state index contributed by atoms with van der Waals surface area (Å²) in [6.45, 7) is 1.96. The van der Waals surface area contributed by atoms with Crippen LogP contribution in [0.2, 0.25) is 0 Å². The van der Waals surface area contributed by atoms with Crippen molar-refractivity contribution >= 4 is 34.1 Å². The van der Waals surface area contributed by atoms with E-state index in [2.05, 4.69) is 15.7 Å². The topological polar surface area (TPSA) is 84.7 Å². The molecule has 4 aromatic carbocycles. The summed E-state index contributed by atoms with van der Waals surface area (Å²) in [5.74, 6) is 0.312. The zero-order chi connectivity index (χ0) is 25.9. The molecule has 0 aliphatic heterocycles. The molecule has 0 saturated carbocycles. The third-order valence-corrected chi connectivity index (χ3v) is 6.28. The highest BCUT2D eigenvalue weighted by atomic mass is 16.1. The summed E-state index contributed by atoms with van der Waals surface area (Å²) in [5.41, 5.74) is 6.73. The van der Waals surface area contributed by atoms with Crippen molar-refractivity contribution in [2.45, 2.75) is 6.92 Å². The Bertz CT molecular complexity index is 1730. The lowest BCUT2D eigenvalue weighted by atomic mass is 10.1. The van der Waals surface area contributed by atoms with Crippen molar-refractivity contribution in [3.8, 4) is 16.9 Å². The molecule has 0 aliphatic rings. The van der Waals surface area contributed by atoms with Crippen LogP contribution >= 0.6 is 0 Å². The molecule has 6 rings (SSSR count). The number of hydrogen-bond acceptors (Lipinski definition) is 5. The number of carbonyl (C=O) groups excluding carboxylic acids is 1. The molecular weight excluding hydrogens is 472 g/mol. The zero-order valence-corrected chi connectivity index (χ0v) is 20.7. The van der Waals surface area contributed by atoms with E-state index in [1.165, 1.54) is 0 Å². The van der Waals surface area contributed by atoms with Crippen molar-refractivity contribution < 1.29 is 4.79 Å². The van der Waals surface area contributed by atoms with Crippen LogP contribution in [0.15, 0.2) is 116 Å². The quantitative estimate of drug-likeness (QED) is 0.265. The molecule has 0 unspecified atom stereocenters. The number of fused-ring (bicyclic) bond motifs is 1. The minimum absolute atomic E-state index is 0.181. The second kappa shape index (κ2) is 9.99. The van der Waals surface area contributed by atoms with Gasteiger partial charge in [-0.05, 0) is 67.1 Å². The lowest BCUT2D eigenvalue weighted by Crippen LogP contribution is -2.13. The number of nitrogens with zero attached hydrogens (tertiary/aromatic N) is 4. The largest absolute Gasteiger partial charge is 0.324 e. The van der Waals surface area contributed by atoms with Crippen molar-refractivity contribution in [1.29, 1.82) is 0 Å². The molecule has 7 nitrogen and oxygen atoms in total. The third kappa shape index (κ3) is 4.73. The van der Waals surface area contributed by atoms with Crippen LogP contribution in [0.5, 0.6) is 0 Å². The monoisotopic (exact) mass is 496 g/mol. The van der Waals surface area contributed by atoms with Crippen molar-refractivity contribution in [3.63, 3.8) is 0 Å². The number of aromatic nitrogens is 4. The highest BCUT2D eigenvalue weighted by molar-refractivity contribution is 6.05. The molecule has 2 aromatic heterocycles. The Hall–Kier alpha value is -5.30. The van der Waals surface area contributed by atoms with Gasteiger partial charge < -0.3 is 10.6 Å². The number of amides is 1. The smallest absolute Gasteiger partial charge is 0.255 e. The van der Waals surface area contributed by atoms with Gasteiger partial charge in [-0.1, -0.05) is 48.5 Å². The Morgan fingerprint density at radius 3 is 2.37 bits per heavy atom. The number of benzene rings is 4. The van der Waals surface area contributed by atoms with E-state index in [0.29, 0.717) is 11.5 Å². The number of anilines is 3. The molecule has 0 fully saturated rings. The Balaban J connectivity index is 1.20. The number of rotatable bonds is 6. The molecule has 1 amide bonds.